The summed E-state index contributed by atoms with van der Waals surface area (Å²) < 4.78 is 12.7. The van der Waals surface area contributed by atoms with Crippen LogP contribution in [0.3, 0.4) is 0 Å². The SMILES string of the molecule is CCOC(=O)c1ccc(OCC(O)CSc2nnc(Cc3ccccc3)n2-c2ccccc2)cc1. The molecule has 35 heavy (non-hydrogen) atoms. The molecule has 0 saturated carbocycles. The van der Waals surface area contributed by atoms with E-state index in [-0.39, 0.29) is 12.6 Å². The number of ether oxygens (including phenoxy) is 2. The summed E-state index contributed by atoms with van der Waals surface area (Å²) in [6, 6.07) is 26.8. The first kappa shape index (κ1) is 24.5. The van der Waals surface area contributed by atoms with E-state index >= 15 is 0 Å². The number of thioether (sulfide) groups is 1. The van der Waals surface area contributed by atoms with Crippen LogP contribution in [0, 0.1) is 0 Å². The second kappa shape index (κ2) is 12.2. The summed E-state index contributed by atoms with van der Waals surface area (Å²) in [5, 5.41) is 20.1. The molecule has 1 aromatic heterocycles. The van der Waals surface area contributed by atoms with Crippen molar-refractivity contribution in [3.8, 4) is 11.4 Å². The number of benzene rings is 3. The molecule has 1 atom stereocenters. The van der Waals surface area contributed by atoms with Crippen molar-refractivity contribution in [2.75, 3.05) is 19.0 Å². The fraction of sp³-hybridized carbons (Fsp3) is 0.222. The Morgan fingerprint density at radius 1 is 0.971 bits per heavy atom. The molecule has 4 rings (SSSR count). The van der Waals surface area contributed by atoms with Crippen LogP contribution in [0.25, 0.3) is 5.69 Å². The van der Waals surface area contributed by atoms with Crippen molar-refractivity contribution in [1.82, 2.24) is 14.8 Å². The number of rotatable bonds is 11. The predicted octanol–water partition coefficient (Wildman–Crippen LogP) is 4.57. The van der Waals surface area contributed by atoms with Crippen LogP contribution in [0.1, 0.15) is 28.7 Å². The fourth-order valence-electron chi connectivity index (χ4n) is 3.44. The van der Waals surface area contributed by atoms with Gasteiger partial charge >= 0.3 is 5.97 Å². The smallest absolute Gasteiger partial charge is 0.338 e. The number of para-hydroxylation sites is 1. The third-order valence-corrected chi connectivity index (χ3v) is 6.21. The quantitative estimate of drug-likeness (QED) is 0.244. The van der Waals surface area contributed by atoms with Crippen molar-refractivity contribution in [2.45, 2.75) is 24.6 Å². The maximum absolute atomic E-state index is 11.8. The van der Waals surface area contributed by atoms with Gasteiger partial charge in [0.1, 0.15) is 18.2 Å². The summed E-state index contributed by atoms with van der Waals surface area (Å²) in [5.41, 5.74) is 2.58. The van der Waals surface area contributed by atoms with E-state index in [0.717, 1.165) is 17.1 Å². The van der Waals surface area contributed by atoms with E-state index < -0.39 is 6.10 Å². The Hall–Kier alpha value is -3.62. The van der Waals surface area contributed by atoms with Gasteiger partial charge in [0.05, 0.1) is 18.3 Å². The van der Waals surface area contributed by atoms with Gasteiger partial charge < -0.3 is 14.6 Å². The van der Waals surface area contributed by atoms with Crippen molar-refractivity contribution in [2.24, 2.45) is 0 Å². The van der Waals surface area contributed by atoms with E-state index in [4.69, 9.17) is 9.47 Å². The Morgan fingerprint density at radius 3 is 2.34 bits per heavy atom. The summed E-state index contributed by atoms with van der Waals surface area (Å²) in [7, 11) is 0. The van der Waals surface area contributed by atoms with Crippen molar-refractivity contribution >= 4 is 17.7 Å². The highest BCUT2D eigenvalue weighted by molar-refractivity contribution is 7.99. The molecule has 1 heterocycles. The summed E-state index contributed by atoms with van der Waals surface area (Å²) >= 11 is 1.43. The highest BCUT2D eigenvalue weighted by atomic mass is 32.2. The molecule has 0 spiro atoms. The molecule has 7 nitrogen and oxygen atoms in total. The standard InChI is InChI=1S/C27H27N3O4S/c1-2-33-26(32)21-13-15-24(16-14-21)34-18-23(31)19-35-27-29-28-25(17-20-9-5-3-6-10-20)30(27)22-11-7-4-8-12-22/h3-16,23,31H,2,17-19H2,1H3. The minimum Gasteiger partial charge on any atom is -0.491 e. The zero-order valence-corrected chi connectivity index (χ0v) is 20.2. The number of hydrogen-bond acceptors (Lipinski definition) is 7. The van der Waals surface area contributed by atoms with Crippen LogP contribution >= 0.6 is 11.8 Å². The Bertz CT molecular complexity index is 1210. The summed E-state index contributed by atoms with van der Waals surface area (Å²) in [6.45, 7) is 2.20. The number of carbonyl (C=O) groups excluding carboxylic acids is 1. The highest BCUT2D eigenvalue weighted by Crippen LogP contribution is 2.24. The molecule has 0 amide bonds. The fourth-order valence-corrected chi connectivity index (χ4v) is 4.31. The molecule has 0 fully saturated rings. The van der Waals surface area contributed by atoms with Gasteiger partial charge in [0, 0.05) is 17.9 Å². The van der Waals surface area contributed by atoms with Crippen molar-refractivity contribution in [3.05, 3.63) is 102 Å². The number of carbonyl (C=O) groups is 1. The van der Waals surface area contributed by atoms with Crippen LogP contribution in [0.4, 0.5) is 0 Å². The zero-order valence-electron chi connectivity index (χ0n) is 19.4. The zero-order chi connectivity index (χ0) is 24.5. The second-order valence-corrected chi connectivity index (χ2v) is 8.74. The van der Waals surface area contributed by atoms with Crippen molar-refractivity contribution in [3.63, 3.8) is 0 Å². The van der Waals surface area contributed by atoms with Gasteiger partial charge in [0.15, 0.2) is 5.16 Å². The third kappa shape index (κ3) is 6.71. The van der Waals surface area contributed by atoms with E-state index in [1.165, 1.54) is 11.8 Å². The molecule has 1 N–H and O–H groups in total. The topological polar surface area (TPSA) is 86.5 Å². The monoisotopic (exact) mass is 489 g/mol. The Kier molecular flexibility index (Phi) is 8.53. The van der Waals surface area contributed by atoms with Crippen LogP contribution in [0.15, 0.2) is 90.1 Å². The minimum absolute atomic E-state index is 0.113. The number of esters is 1. The lowest BCUT2D eigenvalue weighted by Crippen LogP contribution is -2.20. The molecular weight excluding hydrogens is 462 g/mol. The first-order valence-electron chi connectivity index (χ1n) is 11.4. The van der Waals surface area contributed by atoms with E-state index in [0.29, 0.717) is 35.2 Å². The molecule has 8 heteroatoms. The van der Waals surface area contributed by atoms with Crippen LogP contribution in [-0.4, -0.2) is 50.9 Å². The summed E-state index contributed by atoms with van der Waals surface area (Å²) in [5.74, 6) is 1.42. The number of aliphatic hydroxyl groups excluding tert-OH is 1. The van der Waals surface area contributed by atoms with Gasteiger partial charge in [-0.3, -0.25) is 4.57 Å². The molecular formula is C27H27N3O4S. The Balaban J connectivity index is 1.38. The van der Waals surface area contributed by atoms with E-state index in [1.54, 1.807) is 31.2 Å². The molecule has 0 radical (unpaired) electrons. The molecule has 0 aliphatic rings. The molecule has 0 saturated heterocycles. The van der Waals surface area contributed by atoms with Crippen LogP contribution in [-0.2, 0) is 11.2 Å². The number of aromatic nitrogens is 3. The lowest BCUT2D eigenvalue weighted by atomic mass is 10.1. The van der Waals surface area contributed by atoms with E-state index in [9.17, 15) is 9.90 Å². The largest absolute Gasteiger partial charge is 0.491 e. The number of hydrogen-bond donors (Lipinski definition) is 1. The second-order valence-electron chi connectivity index (χ2n) is 7.75. The Labute approximate surface area is 208 Å². The van der Waals surface area contributed by atoms with Crippen LogP contribution < -0.4 is 4.74 Å². The lowest BCUT2D eigenvalue weighted by molar-refractivity contribution is 0.0526. The molecule has 0 bridgehead atoms. The van der Waals surface area contributed by atoms with Gasteiger partial charge in [-0.25, -0.2) is 4.79 Å². The molecule has 0 aliphatic carbocycles. The molecule has 180 valence electrons. The molecule has 3 aromatic carbocycles. The lowest BCUT2D eigenvalue weighted by Gasteiger charge is -2.13. The number of aliphatic hydroxyl groups is 1. The van der Waals surface area contributed by atoms with Gasteiger partial charge in [0.2, 0.25) is 0 Å². The van der Waals surface area contributed by atoms with Crippen molar-refractivity contribution in [1.29, 1.82) is 0 Å². The average molecular weight is 490 g/mol. The maximum atomic E-state index is 11.8. The average Bonchev–Trinajstić information content (AvgIpc) is 3.30. The first-order valence-corrected chi connectivity index (χ1v) is 12.4. The Morgan fingerprint density at radius 2 is 1.66 bits per heavy atom. The summed E-state index contributed by atoms with van der Waals surface area (Å²) in [4.78, 5) is 11.8. The van der Waals surface area contributed by atoms with Gasteiger partial charge in [0.25, 0.3) is 0 Å². The maximum Gasteiger partial charge on any atom is 0.338 e. The first-order chi connectivity index (χ1) is 17.1. The van der Waals surface area contributed by atoms with Crippen LogP contribution in [0.2, 0.25) is 0 Å². The molecule has 4 aromatic rings. The highest BCUT2D eigenvalue weighted by Gasteiger charge is 2.17. The molecule has 0 aliphatic heterocycles. The van der Waals surface area contributed by atoms with Gasteiger partial charge in [-0.15, -0.1) is 10.2 Å². The minimum atomic E-state index is -0.719. The van der Waals surface area contributed by atoms with Crippen LogP contribution in [0.5, 0.6) is 5.75 Å². The summed E-state index contributed by atoms with van der Waals surface area (Å²) in [6.07, 6.45) is -0.0697. The predicted molar refractivity (Wildman–Crippen MR) is 135 cm³/mol. The van der Waals surface area contributed by atoms with Gasteiger partial charge in [-0.05, 0) is 48.9 Å². The van der Waals surface area contributed by atoms with Gasteiger partial charge in [-0.2, -0.15) is 0 Å². The van der Waals surface area contributed by atoms with E-state index in [1.807, 2.05) is 53.1 Å². The van der Waals surface area contributed by atoms with E-state index in [2.05, 4.69) is 22.3 Å². The molecule has 1 unspecified atom stereocenters. The normalized spacial score (nSPS) is 11.7. The van der Waals surface area contributed by atoms with Crippen molar-refractivity contribution < 1.29 is 19.4 Å². The third-order valence-electron chi connectivity index (χ3n) is 5.13. The number of nitrogens with zero attached hydrogens (tertiary/aromatic N) is 3. The van der Waals surface area contributed by atoms with Gasteiger partial charge in [-0.1, -0.05) is 60.3 Å².